The first-order chi connectivity index (χ1) is 14.7. The molecular weight excluding hydrogens is 437 g/mol. The van der Waals surface area contributed by atoms with Crippen molar-refractivity contribution in [2.45, 2.75) is 13.0 Å². The van der Waals surface area contributed by atoms with E-state index in [1.54, 1.807) is 0 Å². The molecule has 0 aliphatic heterocycles. The van der Waals surface area contributed by atoms with Crippen LogP contribution in [0.3, 0.4) is 0 Å². The van der Waals surface area contributed by atoms with Crippen LogP contribution < -0.4 is 20.1 Å². The number of methoxy groups -OCH3 is 1. The Balaban J connectivity index is 1.71. The number of benzene rings is 2. The Morgan fingerprint density at radius 2 is 1.74 bits per heavy atom. The van der Waals surface area contributed by atoms with E-state index in [0.29, 0.717) is 0 Å². The van der Waals surface area contributed by atoms with E-state index in [1.807, 2.05) is 0 Å². The minimum absolute atomic E-state index is 0.0594. The molecule has 2 N–H and O–H groups in total. The van der Waals surface area contributed by atoms with Crippen LogP contribution in [0.4, 0.5) is 13.2 Å². The number of halogens is 4. The molecule has 0 heterocycles. The molecule has 2 amide bonds. The van der Waals surface area contributed by atoms with Gasteiger partial charge in [0.25, 0.3) is 5.91 Å². The summed E-state index contributed by atoms with van der Waals surface area (Å²) in [6.45, 7) is 3.26. The molecule has 10 heteroatoms. The lowest BCUT2D eigenvalue weighted by atomic mass is 10.1. The minimum atomic E-state index is -0.878. The predicted octanol–water partition coefficient (Wildman–Crippen LogP) is 3.52. The Bertz CT molecular complexity index is 962. The first-order valence-electron chi connectivity index (χ1n) is 9.03. The van der Waals surface area contributed by atoms with Crippen LogP contribution in [0.15, 0.2) is 42.5 Å². The number of amides is 2. The number of ether oxygens (including phenoxy) is 2. The van der Waals surface area contributed by atoms with Crippen LogP contribution >= 0.6 is 11.6 Å². The average Bonchev–Trinajstić information content (AvgIpc) is 2.72. The maximum absolute atomic E-state index is 13.7. The van der Waals surface area contributed by atoms with Crippen molar-refractivity contribution in [1.82, 2.24) is 10.6 Å². The van der Waals surface area contributed by atoms with Gasteiger partial charge in [0.15, 0.2) is 24.0 Å². The molecule has 0 fully saturated rings. The highest BCUT2D eigenvalue weighted by Crippen LogP contribution is 2.23. The Morgan fingerprint density at radius 1 is 1.06 bits per heavy atom. The smallest absolute Gasteiger partial charge is 0.257 e. The Labute approximate surface area is 182 Å². The second-order valence-electron chi connectivity index (χ2n) is 6.34. The number of hydrogen-bond acceptors (Lipinski definition) is 4. The molecule has 166 valence electrons. The zero-order valence-corrected chi connectivity index (χ0v) is 17.3. The van der Waals surface area contributed by atoms with Gasteiger partial charge in [-0.2, -0.15) is 0 Å². The molecule has 0 aliphatic rings. The van der Waals surface area contributed by atoms with E-state index in [4.69, 9.17) is 16.3 Å². The van der Waals surface area contributed by atoms with Crippen LogP contribution in [-0.2, 0) is 16.1 Å². The maximum Gasteiger partial charge on any atom is 0.257 e. The van der Waals surface area contributed by atoms with Crippen molar-refractivity contribution in [2.75, 3.05) is 20.3 Å². The third-order valence-corrected chi connectivity index (χ3v) is 4.35. The van der Waals surface area contributed by atoms with Crippen molar-refractivity contribution in [1.29, 1.82) is 0 Å². The quantitative estimate of drug-likeness (QED) is 0.536. The van der Waals surface area contributed by atoms with Crippen LogP contribution in [0.5, 0.6) is 11.5 Å². The summed E-state index contributed by atoms with van der Waals surface area (Å²) in [6, 6.07) is 5.89. The summed E-state index contributed by atoms with van der Waals surface area (Å²) in [4.78, 5) is 23.8. The molecule has 2 rings (SSSR count). The summed E-state index contributed by atoms with van der Waals surface area (Å²) in [5.41, 5.74) is 0.372. The fourth-order valence-electron chi connectivity index (χ4n) is 2.45. The summed E-state index contributed by atoms with van der Waals surface area (Å²) in [5, 5.41) is 4.96. The molecule has 0 radical (unpaired) electrons. The number of carbonyl (C=O) groups is 2. The van der Waals surface area contributed by atoms with Crippen LogP contribution in [-0.4, -0.2) is 32.1 Å². The third-order valence-electron chi connectivity index (χ3n) is 4.05. The summed E-state index contributed by atoms with van der Waals surface area (Å²) < 4.78 is 50.4. The van der Waals surface area contributed by atoms with E-state index in [2.05, 4.69) is 21.9 Å². The van der Waals surface area contributed by atoms with Crippen molar-refractivity contribution in [3.8, 4) is 11.5 Å². The van der Waals surface area contributed by atoms with Gasteiger partial charge in [-0.25, -0.2) is 13.2 Å². The molecule has 0 saturated carbocycles. The van der Waals surface area contributed by atoms with Crippen molar-refractivity contribution >= 4 is 23.4 Å². The van der Waals surface area contributed by atoms with Gasteiger partial charge in [0.2, 0.25) is 5.91 Å². The molecule has 0 unspecified atom stereocenters. The van der Waals surface area contributed by atoms with Gasteiger partial charge in [0.05, 0.1) is 12.1 Å². The molecule has 2 aromatic carbocycles. The maximum atomic E-state index is 13.7. The fraction of sp³-hybridized carbons (Fsp3) is 0.238. The van der Waals surface area contributed by atoms with Crippen LogP contribution in [0.2, 0.25) is 5.02 Å². The summed E-state index contributed by atoms with van der Waals surface area (Å²) in [6.07, 6.45) is 0.137. The van der Waals surface area contributed by atoms with Gasteiger partial charge in [0, 0.05) is 24.7 Å². The molecule has 0 bridgehead atoms. The zero-order chi connectivity index (χ0) is 23.0. The lowest BCUT2D eigenvalue weighted by Crippen LogP contribution is -2.31. The van der Waals surface area contributed by atoms with Gasteiger partial charge in [-0.1, -0.05) is 18.2 Å². The molecule has 2 aromatic rings. The Morgan fingerprint density at radius 3 is 2.35 bits per heavy atom. The van der Waals surface area contributed by atoms with E-state index in [9.17, 15) is 22.8 Å². The lowest BCUT2D eigenvalue weighted by molar-refractivity contribution is -0.123. The van der Waals surface area contributed by atoms with Crippen LogP contribution in [0.1, 0.15) is 12.0 Å². The monoisotopic (exact) mass is 456 g/mol. The number of carbonyl (C=O) groups excluding carboxylic acids is 2. The van der Waals surface area contributed by atoms with Gasteiger partial charge in [-0.3, -0.25) is 9.59 Å². The molecule has 31 heavy (non-hydrogen) atoms. The largest absolute Gasteiger partial charge is 0.491 e. The summed E-state index contributed by atoms with van der Waals surface area (Å²) in [5.74, 6) is -3.78. The number of hydrogen-bond donors (Lipinski definition) is 2. The summed E-state index contributed by atoms with van der Waals surface area (Å²) in [7, 11) is 1.15. The second-order valence-corrected chi connectivity index (χ2v) is 6.75. The minimum Gasteiger partial charge on any atom is -0.491 e. The third kappa shape index (κ3) is 7.21. The van der Waals surface area contributed by atoms with Crippen molar-refractivity contribution < 1.29 is 32.2 Å². The molecule has 0 aliphatic carbocycles. The number of nitrogens with one attached hydrogen (secondary N) is 2. The highest BCUT2D eigenvalue weighted by Gasteiger charge is 2.13. The van der Waals surface area contributed by atoms with Gasteiger partial charge in [-0.05, 0) is 36.2 Å². The molecule has 0 atom stereocenters. The molecule has 0 saturated heterocycles. The molecular formula is C21H20ClF3N2O4. The summed E-state index contributed by atoms with van der Waals surface area (Å²) >= 11 is 5.56. The predicted molar refractivity (Wildman–Crippen MR) is 108 cm³/mol. The van der Waals surface area contributed by atoms with Crippen LogP contribution in [0, 0.1) is 17.5 Å². The number of rotatable bonds is 10. The van der Waals surface area contributed by atoms with Crippen molar-refractivity contribution in [3.05, 3.63) is 70.5 Å². The first kappa shape index (κ1) is 24.1. The van der Waals surface area contributed by atoms with Crippen molar-refractivity contribution in [3.63, 3.8) is 0 Å². The molecule has 6 nitrogen and oxygen atoms in total. The lowest BCUT2D eigenvalue weighted by Gasteiger charge is -2.11. The highest BCUT2D eigenvalue weighted by atomic mass is 35.5. The van der Waals surface area contributed by atoms with Gasteiger partial charge in [-0.15, -0.1) is 0 Å². The standard InChI is InChI=1S/C21H20ClF3N2O4/c1-12(21(29)27-10-13-7-17(24)20(30-2)18(25)8-13)5-6-26-19(28)11-31-14-3-4-15(22)16(23)9-14/h3-4,7-9H,1,5-6,10-11H2,2H3,(H,26,28)(H,27,29). The topological polar surface area (TPSA) is 76.7 Å². The first-order valence-corrected chi connectivity index (χ1v) is 9.41. The fourth-order valence-corrected chi connectivity index (χ4v) is 2.57. The van der Waals surface area contributed by atoms with Crippen molar-refractivity contribution in [2.24, 2.45) is 0 Å². The van der Waals surface area contributed by atoms with Gasteiger partial charge < -0.3 is 20.1 Å². The Hall–Kier alpha value is -3.20. The van der Waals surface area contributed by atoms with E-state index in [-0.39, 0.29) is 48.0 Å². The molecule has 0 spiro atoms. The molecule has 0 aromatic heterocycles. The van der Waals surface area contributed by atoms with Gasteiger partial charge in [0.1, 0.15) is 11.6 Å². The highest BCUT2D eigenvalue weighted by molar-refractivity contribution is 6.30. The Kier molecular flexibility index (Phi) is 8.75. The van der Waals surface area contributed by atoms with E-state index >= 15 is 0 Å². The van der Waals surface area contributed by atoms with E-state index in [0.717, 1.165) is 25.3 Å². The van der Waals surface area contributed by atoms with Crippen LogP contribution in [0.25, 0.3) is 0 Å². The van der Waals surface area contributed by atoms with E-state index < -0.39 is 35.0 Å². The zero-order valence-electron chi connectivity index (χ0n) is 16.6. The van der Waals surface area contributed by atoms with E-state index in [1.165, 1.54) is 12.1 Å². The van der Waals surface area contributed by atoms with Gasteiger partial charge >= 0.3 is 0 Å². The SMILES string of the molecule is C=C(CCNC(=O)COc1ccc(Cl)c(F)c1)C(=O)NCc1cc(F)c(OC)c(F)c1. The average molecular weight is 457 g/mol. The normalized spacial score (nSPS) is 10.4. The second kappa shape index (κ2) is 11.3.